The van der Waals surface area contributed by atoms with Crippen molar-refractivity contribution in [2.75, 3.05) is 12.4 Å². The van der Waals surface area contributed by atoms with Crippen molar-refractivity contribution < 1.29 is 4.74 Å². The van der Waals surface area contributed by atoms with Gasteiger partial charge in [-0.2, -0.15) is 9.97 Å². The number of hydrogen-bond donors (Lipinski definition) is 2. The third kappa shape index (κ3) is 2.10. The number of nitrogens with zero attached hydrogens (tertiary/aromatic N) is 3. The highest BCUT2D eigenvalue weighted by Gasteiger charge is 2.18. The van der Waals surface area contributed by atoms with E-state index in [4.69, 9.17) is 4.74 Å². The van der Waals surface area contributed by atoms with Crippen molar-refractivity contribution in [2.45, 2.75) is 38.2 Å². The van der Waals surface area contributed by atoms with E-state index in [1.807, 2.05) is 0 Å². The third-order valence-corrected chi connectivity index (χ3v) is 3.31. The normalized spacial score (nSPS) is 16.9. The Bertz CT molecular complexity index is 532. The van der Waals surface area contributed by atoms with E-state index in [1.165, 1.54) is 19.3 Å². The molecule has 1 fully saturated rings. The Hall–Kier alpha value is -1.85. The van der Waals surface area contributed by atoms with E-state index in [1.54, 1.807) is 13.4 Å². The van der Waals surface area contributed by atoms with E-state index in [0.29, 0.717) is 17.5 Å². The van der Waals surface area contributed by atoms with E-state index >= 15 is 0 Å². The molecular weight excluding hydrogens is 230 g/mol. The van der Waals surface area contributed by atoms with Gasteiger partial charge in [-0.1, -0.05) is 6.42 Å². The number of aromatic amines is 1. The molecule has 1 aliphatic rings. The number of ether oxygens (including phenoxy) is 1. The number of nitrogens with one attached hydrogen (secondary N) is 2. The average molecular weight is 247 g/mol. The van der Waals surface area contributed by atoms with Gasteiger partial charge in [-0.3, -0.25) is 0 Å². The van der Waals surface area contributed by atoms with Crippen LogP contribution in [-0.2, 0) is 0 Å². The molecule has 0 atom stereocenters. The molecule has 0 saturated heterocycles. The van der Waals surface area contributed by atoms with Gasteiger partial charge in [0.1, 0.15) is 11.6 Å². The third-order valence-electron chi connectivity index (χ3n) is 3.31. The molecule has 6 nitrogen and oxygen atoms in total. The zero-order valence-electron chi connectivity index (χ0n) is 10.4. The van der Waals surface area contributed by atoms with Crippen LogP contribution in [0.2, 0.25) is 0 Å². The fourth-order valence-electron chi connectivity index (χ4n) is 2.34. The second kappa shape index (κ2) is 4.80. The molecule has 1 aliphatic carbocycles. The fraction of sp³-hybridized carbons (Fsp3) is 0.583. The summed E-state index contributed by atoms with van der Waals surface area (Å²) in [4.78, 5) is 15.8. The molecule has 0 aliphatic heterocycles. The predicted octanol–water partition coefficient (Wildman–Crippen LogP) is 2.11. The van der Waals surface area contributed by atoms with Crippen molar-refractivity contribution >= 4 is 17.1 Å². The maximum Gasteiger partial charge on any atom is 0.245 e. The zero-order valence-corrected chi connectivity index (χ0v) is 10.4. The summed E-state index contributed by atoms with van der Waals surface area (Å²) in [5.74, 6) is 1.15. The van der Waals surface area contributed by atoms with Gasteiger partial charge in [-0.15, -0.1) is 0 Å². The molecule has 3 rings (SSSR count). The number of fused-ring (bicyclic) bond motifs is 1. The number of imidazole rings is 1. The topological polar surface area (TPSA) is 75.7 Å². The lowest BCUT2D eigenvalue weighted by molar-refractivity contribution is 0.150. The summed E-state index contributed by atoms with van der Waals surface area (Å²) in [6.45, 7) is 0. The number of rotatable bonds is 3. The van der Waals surface area contributed by atoms with Crippen molar-refractivity contribution in [3.05, 3.63) is 6.33 Å². The minimum Gasteiger partial charge on any atom is -0.473 e. The first-order valence-electron chi connectivity index (χ1n) is 6.42. The lowest BCUT2D eigenvalue weighted by Crippen LogP contribution is -2.20. The lowest BCUT2D eigenvalue weighted by Gasteiger charge is -2.22. The Morgan fingerprint density at radius 1 is 1.28 bits per heavy atom. The van der Waals surface area contributed by atoms with Crippen LogP contribution in [0.25, 0.3) is 11.2 Å². The second-order valence-corrected chi connectivity index (χ2v) is 4.58. The van der Waals surface area contributed by atoms with E-state index in [2.05, 4.69) is 25.3 Å². The first-order valence-corrected chi connectivity index (χ1v) is 6.42. The first kappa shape index (κ1) is 11.3. The molecule has 0 bridgehead atoms. The Kier molecular flexibility index (Phi) is 3.00. The maximum absolute atomic E-state index is 6.01. The summed E-state index contributed by atoms with van der Waals surface area (Å²) >= 11 is 0. The van der Waals surface area contributed by atoms with Gasteiger partial charge < -0.3 is 15.0 Å². The summed E-state index contributed by atoms with van der Waals surface area (Å²) in [6, 6.07) is 0. The van der Waals surface area contributed by atoms with Gasteiger partial charge in [0.05, 0.1) is 6.33 Å². The summed E-state index contributed by atoms with van der Waals surface area (Å²) in [7, 11) is 1.79. The van der Waals surface area contributed by atoms with Gasteiger partial charge >= 0.3 is 0 Å². The molecule has 1 saturated carbocycles. The molecule has 0 radical (unpaired) electrons. The van der Waals surface area contributed by atoms with Crippen LogP contribution in [0.15, 0.2) is 6.33 Å². The fourth-order valence-corrected chi connectivity index (χ4v) is 2.34. The van der Waals surface area contributed by atoms with Gasteiger partial charge in [0.25, 0.3) is 0 Å². The van der Waals surface area contributed by atoms with Gasteiger partial charge in [0.15, 0.2) is 5.65 Å². The SMILES string of the molecule is CNc1nc(OC2CCCCC2)c2[nH]cnc2n1. The summed E-state index contributed by atoms with van der Waals surface area (Å²) in [5, 5.41) is 2.93. The molecule has 2 aromatic rings. The second-order valence-electron chi connectivity index (χ2n) is 4.58. The van der Waals surface area contributed by atoms with Gasteiger partial charge in [-0.05, 0) is 25.7 Å². The molecule has 2 heterocycles. The van der Waals surface area contributed by atoms with Gasteiger partial charge in [0.2, 0.25) is 11.8 Å². The Balaban J connectivity index is 1.91. The molecule has 96 valence electrons. The molecule has 2 N–H and O–H groups in total. The molecule has 0 unspecified atom stereocenters. The Morgan fingerprint density at radius 2 is 2.11 bits per heavy atom. The number of hydrogen-bond acceptors (Lipinski definition) is 5. The predicted molar refractivity (Wildman–Crippen MR) is 68.7 cm³/mol. The highest BCUT2D eigenvalue weighted by molar-refractivity contribution is 5.76. The molecule has 18 heavy (non-hydrogen) atoms. The zero-order chi connectivity index (χ0) is 12.4. The van der Waals surface area contributed by atoms with Crippen molar-refractivity contribution in [1.29, 1.82) is 0 Å². The van der Waals surface area contributed by atoms with E-state index in [0.717, 1.165) is 18.4 Å². The molecule has 0 spiro atoms. The largest absolute Gasteiger partial charge is 0.473 e. The van der Waals surface area contributed by atoms with E-state index in [9.17, 15) is 0 Å². The van der Waals surface area contributed by atoms with E-state index in [-0.39, 0.29) is 6.10 Å². The monoisotopic (exact) mass is 247 g/mol. The van der Waals surface area contributed by atoms with Crippen LogP contribution in [0, 0.1) is 0 Å². The highest BCUT2D eigenvalue weighted by atomic mass is 16.5. The van der Waals surface area contributed by atoms with Crippen molar-refractivity contribution in [3.8, 4) is 5.88 Å². The molecule has 0 amide bonds. The number of H-pyrrole nitrogens is 1. The van der Waals surface area contributed by atoms with Crippen molar-refractivity contribution in [3.63, 3.8) is 0 Å². The van der Waals surface area contributed by atoms with Crippen LogP contribution < -0.4 is 10.1 Å². The van der Waals surface area contributed by atoms with Crippen LogP contribution in [0.1, 0.15) is 32.1 Å². The summed E-state index contributed by atoms with van der Waals surface area (Å²) in [5.41, 5.74) is 1.42. The van der Waals surface area contributed by atoms with Crippen LogP contribution in [0.4, 0.5) is 5.95 Å². The number of aromatic nitrogens is 4. The van der Waals surface area contributed by atoms with Gasteiger partial charge in [-0.25, -0.2) is 4.98 Å². The minimum absolute atomic E-state index is 0.268. The van der Waals surface area contributed by atoms with Crippen LogP contribution in [0.5, 0.6) is 5.88 Å². The average Bonchev–Trinajstić information content (AvgIpc) is 2.88. The minimum atomic E-state index is 0.268. The Labute approximate surface area is 105 Å². The quantitative estimate of drug-likeness (QED) is 0.868. The van der Waals surface area contributed by atoms with Crippen LogP contribution >= 0.6 is 0 Å². The smallest absolute Gasteiger partial charge is 0.245 e. The lowest BCUT2D eigenvalue weighted by atomic mass is 9.98. The summed E-state index contributed by atoms with van der Waals surface area (Å²) in [6.07, 6.45) is 7.88. The van der Waals surface area contributed by atoms with Crippen molar-refractivity contribution in [1.82, 2.24) is 19.9 Å². The highest BCUT2D eigenvalue weighted by Crippen LogP contribution is 2.26. The molecule has 2 aromatic heterocycles. The van der Waals surface area contributed by atoms with Gasteiger partial charge in [0, 0.05) is 7.05 Å². The van der Waals surface area contributed by atoms with Crippen LogP contribution in [0.3, 0.4) is 0 Å². The molecular formula is C12H17N5O. The summed E-state index contributed by atoms with van der Waals surface area (Å²) < 4.78 is 6.01. The van der Waals surface area contributed by atoms with E-state index < -0.39 is 0 Å². The van der Waals surface area contributed by atoms with Crippen molar-refractivity contribution in [2.24, 2.45) is 0 Å². The van der Waals surface area contributed by atoms with Crippen LogP contribution in [-0.4, -0.2) is 33.1 Å². The molecule has 0 aromatic carbocycles. The number of anilines is 1. The first-order chi connectivity index (χ1) is 8.86. The maximum atomic E-state index is 6.01. The standard InChI is InChI=1S/C12H17N5O/c1-13-12-16-10-9(14-7-15-10)11(17-12)18-8-5-3-2-4-6-8/h7-8H,2-6H2,1H3,(H2,13,14,15,16,17). The molecule has 6 heteroatoms. The Morgan fingerprint density at radius 3 is 2.89 bits per heavy atom.